The second kappa shape index (κ2) is 6.41. The van der Waals surface area contributed by atoms with E-state index in [-0.39, 0.29) is 11.4 Å². The van der Waals surface area contributed by atoms with Crippen molar-refractivity contribution in [2.75, 3.05) is 11.4 Å². The minimum Gasteiger partial charge on any atom is -0.315 e. The zero-order valence-corrected chi connectivity index (χ0v) is 12.5. The van der Waals surface area contributed by atoms with E-state index in [9.17, 15) is 4.79 Å². The molecule has 1 aromatic rings. The zero-order valence-electron chi connectivity index (χ0n) is 12.5. The van der Waals surface area contributed by atoms with E-state index < -0.39 is 0 Å². The molecule has 0 saturated carbocycles. The van der Waals surface area contributed by atoms with E-state index in [4.69, 9.17) is 0 Å². The smallest absolute Gasteiger partial charge is 0.315 e. The summed E-state index contributed by atoms with van der Waals surface area (Å²) in [5.74, 6) is 0. The number of amides is 2. The van der Waals surface area contributed by atoms with Crippen molar-refractivity contribution < 1.29 is 4.79 Å². The highest BCUT2D eigenvalue weighted by molar-refractivity contribution is 5.92. The highest BCUT2D eigenvalue weighted by Gasteiger charge is 2.12. The summed E-state index contributed by atoms with van der Waals surface area (Å²) < 4.78 is 0. The van der Waals surface area contributed by atoms with Crippen LogP contribution in [0.25, 0.3) is 0 Å². The zero-order chi connectivity index (χ0) is 14.5. The predicted octanol–water partition coefficient (Wildman–Crippen LogP) is 4.09. The van der Waals surface area contributed by atoms with Crippen LogP contribution in [0.3, 0.4) is 0 Å². The largest absolute Gasteiger partial charge is 0.325 e. The topological polar surface area (TPSA) is 32.3 Å². The molecule has 3 heteroatoms. The number of carbonyl (C=O) groups is 1. The normalized spacial score (nSPS) is 11.6. The first-order chi connectivity index (χ1) is 8.83. The maximum absolute atomic E-state index is 12.1. The molecule has 0 aliphatic carbocycles. The number of nitrogens with one attached hydrogen (secondary N) is 1. The van der Waals surface area contributed by atoms with Crippen LogP contribution in [-0.4, -0.2) is 12.6 Å². The van der Waals surface area contributed by atoms with E-state index in [0.717, 1.165) is 11.3 Å². The van der Waals surface area contributed by atoms with Crippen molar-refractivity contribution in [2.24, 2.45) is 5.41 Å². The number of benzene rings is 1. The van der Waals surface area contributed by atoms with Crippen LogP contribution in [0.1, 0.15) is 33.3 Å². The van der Waals surface area contributed by atoms with Gasteiger partial charge in [0.15, 0.2) is 0 Å². The van der Waals surface area contributed by atoms with Gasteiger partial charge in [-0.3, -0.25) is 4.90 Å². The maximum Gasteiger partial charge on any atom is 0.325 e. The molecule has 0 unspecified atom stereocenters. The Labute approximate surface area is 116 Å². The Morgan fingerprint density at radius 2 is 2.05 bits per heavy atom. The fourth-order valence-corrected chi connectivity index (χ4v) is 1.68. The molecule has 0 heterocycles. The van der Waals surface area contributed by atoms with Crippen molar-refractivity contribution in [3.63, 3.8) is 0 Å². The standard InChI is InChI=1S/C16H24N2O/c1-6-18(14-9-7-8-13(2)12-14)15(19)17-11-10-16(3,4)5/h7-12H,6H2,1-5H3,(H,17,19)/b11-10+. The molecule has 0 saturated heterocycles. The second-order valence-corrected chi connectivity index (χ2v) is 5.73. The summed E-state index contributed by atoms with van der Waals surface area (Å²) in [7, 11) is 0. The molecule has 0 fully saturated rings. The molecule has 0 bridgehead atoms. The lowest BCUT2D eigenvalue weighted by molar-refractivity contribution is 0.249. The number of allylic oxidation sites excluding steroid dienone is 1. The van der Waals surface area contributed by atoms with E-state index in [0.29, 0.717) is 6.54 Å². The third-order valence-electron chi connectivity index (χ3n) is 2.66. The van der Waals surface area contributed by atoms with Gasteiger partial charge < -0.3 is 5.32 Å². The number of nitrogens with zero attached hydrogens (tertiary/aromatic N) is 1. The SMILES string of the molecule is CCN(C(=O)N/C=C/C(C)(C)C)c1cccc(C)c1. The molecular formula is C16H24N2O. The molecular weight excluding hydrogens is 236 g/mol. The van der Waals surface area contributed by atoms with Crippen LogP contribution in [0.4, 0.5) is 10.5 Å². The molecule has 0 spiro atoms. The van der Waals surface area contributed by atoms with Crippen LogP contribution in [0.15, 0.2) is 36.5 Å². The van der Waals surface area contributed by atoms with Gasteiger partial charge in [-0.05, 0) is 37.0 Å². The Bertz CT molecular complexity index is 458. The average molecular weight is 260 g/mol. The molecule has 1 rings (SSSR count). The average Bonchev–Trinajstić information content (AvgIpc) is 2.28. The van der Waals surface area contributed by atoms with Gasteiger partial charge in [-0.1, -0.05) is 39.0 Å². The Hall–Kier alpha value is -1.77. The van der Waals surface area contributed by atoms with Crippen LogP contribution >= 0.6 is 0 Å². The van der Waals surface area contributed by atoms with E-state index in [1.54, 1.807) is 11.1 Å². The highest BCUT2D eigenvalue weighted by Crippen LogP contribution is 2.16. The van der Waals surface area contributed by atoms with Crippen molar-refractivity contribution in [2.45, 2.75) is 34.6 Å². The fourth-order valence-electron chi connectivity index (χ4n) is 1.68. The molecule has 0 radical (unpaired) electrons. The quantitative estimate of drug-likeness (QED) is 0.872. The van der Waals surface area contributed by atoms with Gasteiger partial charge in [0.25, 0.3) is 0 Å². The highest BCUT2D eigenvalue weighted by atomic mass is 16.2. The van der Waals surface area contributed by atoms with Gasteiger partial charge in [-0.2, -0.15) is 0 Å². The molecule has 0 aliphatic rings. The van der Waals surface area contributed by atoms with Gasteiger partial charge in [0.1, 0.15) is 0 Å². The minimum absolute atomic E-state index is 0.0632. The Kier molecular flexibility index (Phi) is 5.16. The molecule has 19 heavy (non-hydrogen) atoms. The summed E-state index contributed by atoms with van der Waals surface area (Å²) in [6, 6.07) is 7.84. The van der Waals surface area contributed by atoms with Gasteiger partial charge in [0.05, 0.1) is 0 Å². The molecule has 104 valence electrons. The van der Waals surface area contributed by atoms with E-state index in [1.165, 1.54) is 0 Å². The maximum atomic E-state index is 12.1. The van der Waals surface area contributed by atoms with Crippen LogP contribution in [-0.2, 0) is 0 Å². The molecule has 3 nitrogen and oxygen atoms in total. The number of hydrogen-bond acceptors (Lipinski definition) is 1. The summed E-state index contributed by atoms with van der Waals surface area (Å²) in [6.07, 6.45) is 3.70. The third-order valence-corrected chi connectivity index (χ3v) is 2.66. The number of carbonyl (C=O) groups excluding carboxylic acids is 1. The first kappa shape index (κ1) is 15.3. The molecule has 0 atom stereocenters. The Morgan fingerprint density at radius 3 is 2.58 bits per heavy atom. The van der Waals surface area contributed by atoms with Gasteiger partial charge in [0, 0.05) is 18.4 Å². The Balaban J connectivity index is 2.75. The fraction of sp³-hybridized carbons (Fsp3) is 0.438. The van der Waals surface area contributed by atoms with Crippen LogP contribution in [0, 0.1) is 12.3 Å². The number of hydrogen-bond donors (Lipinski definition) is 1. The summed E-state index contributed by atoms with van der Waals surface area (Å²) in [4.78, 5) is 13.9. The second-order valence-electron chi connectivity index (χ2n) is 5.73. The monoisotopic (exact) mass is 260 g/mol. The molecule has 2 amide bonds. The number of anilines is 1. The van der Waals surface area contributed by atoms with Gasteiger partial charge in [-0.25, -0.2) is 4.79 Å². The van der Waals surface area contributed by atoms with Crippen molar-refractivity contribution in [1.82, 2.24) is 5.32 Å². The Morgan fingerprint density at radius 1 is 1.37 bits per heavy atom. The summed E-state index contributed by atoms with van der Waals surface area (Å²) in [5, 5.41) is 2.81. The van der Waals surface area contributed by atoms with Crippen LogP contribution in [0.5, 0.6) is 0 Å². The van der Waals surface area contributed by atoms with Crippen molar-refractivity contribution in [3.05, 3.63) is 42.1 Å². The third kappa shape index (κ3) is 5.16. The molecule has 1 aromatic carbocycles. The van der Waals surface area contributed by atoms with Crippen molar-refractivity contribution in [3.8, 4) is 0 Å². The predicted molar refractivity (Wildman–Crippen MR) is 81.3 cm³/mol. The summed E-state index contributed by atoms with van der Waals surface area (Å²) >= 11 is 0. The minimum atomic E-state index is -0.103. The summed E-state index contributed by atoms with van der Waals surface area (Å²) in [5.41, 5.74) is 2.13. The van der Waals surface area contributed by atoms with Crippen molar-refractivity contribution >= 4 is 11.7 Å². The molecule has 0 aromatic heterocycles. The summed E-state index contributed by atoms with van der Waals surface area (Å²) in [6.45, 7) is 10.9. The molecule has 0 aliphatic heterocycles. The first-order valence-electron chi connectivity index (χ1n) is 6.66. The lowest BCUT2D eigenvalue weighted by Gasteiger charge is -2.21. The van der Waals surface area contributed by atoms with E-state index >= 15 is 0 Å². The van der Waals surface area contributed by atoms with Gasteiger partial charge >= 0.3 is 6.03 Å². The van der Waals surface area contributed by atoms with Crippen LogP contribution in [0.2, 0.25) is 0 Å². The van der Waals surface area contributed by atoms with Gasteiger partial charge in [0.2, 0.25) is 0 Å². The number of urea groups is 1. The van der Waals surface area contributed by atoms with Crippen LogP contribution < -0.4 is 10.2 Å². The first-order valence-corrected chi connectivity index (χ1v) is 6.66. The lowest BCUT2D eigenvalue weighted by Crippen LogP contribution is -2.37. The number of aryl methyl sites for hydroxylation is 1. The van der Waals surface area contributed by atoms with E-state index in [2.05, 4.69) is 26.1 Å². The number of rotatable bonds is 3. The van der Waals surface area contributed by atoms with Gasteiger partial charge in [-0.15, -0.1) is 0 Å². The lowest BCUT2D eigenvalue weighted by atomic mass is 9.97. The molecule has 1 N–H and O–H groups in total. The van der Waals surface area contributed by atoms with E-state index in [1.807, 2.05) is 44.2 Å². The van der Waals surface area contributed by atoms with Crippen molar-refractivity contribution in [1.29, 1.82) is 0 Å².